The standard InChI is InChI=1S/C14H17F2NO3/c15-14(16)20-12-6-2-1-4-10(12)8-13(19)17-7-3-5-11(18)9-17/h1-2,4,6,11,14,18H,3,5,7-9H2. The monoisotopic (exact) mass is 285 g/mol. The van der Waals surface area contributed by atoms with Crippen molar-refractivity contribution in [3.05, 3.63) is 29.8 Å². The van der Waals surface area contributed by atoms with Gasteiger partial charge in [-0.3, -0.25) is 4.79 Å². The average molecular weight is 285 g/mol. The summed E-state index contributed by atoms with van der Waals surface area (Å²) in [5.41, 5.74) is 0.429. The fourth-order valence-corrected chi connectivity index (χ4v) is 2.32. The zero-order valence-electron chi connectivity index (χ0n) is 11.0. The molecule has 1 aliphatic rings. The number of piperidine rings is 1. The first-order valence-electron chi connectivity index (χ1n) is 6.55. The molecule has 1 amide bonds. The van der Waals surface area contributed by atoms with Gasteiger partial charge in [0.15, 0.2) is 0 Å². The summed E-state index contributed by atoms with van der Waals surface area (Å²) in [7, 11) is 0. The Kier molecular flexibility index (Phi) is 4.89. The van der Waals surface area contributed by atoms with E-state index in [1.165, 1.54) is 6.07 Å². The number of hydrogen-bond donors (Lipinski definition) is 1. The molecule has 2 rings (SSSR count). The number of para-hydroxylation sites is 1. The van der Waals surface area contributed by atoms with Crippen molar-refractivity contribution in [2.24, 2.45) is 0 Å². The van der Waals surface area contributed by atoms with Crippen molar-refractivity contribution >= 4 is 5.91 Å². The van der Waals surface area contributed by atoms with Gasteiger partial charge in [0, 0.05) is 18.7 Å². The molecule has 1 unspecified atom stereocenters. The topological polar surface area (TPSA) is 49.8 Å². The van der Waals surface area contributed by atoms with E-state index in [0.29, 0.717) is 25.1 Å². The normalized spacial score (nSPS) is 19.2. The van der Waals surface area contributed by atoms with Crippen molar-refractivity contribution in [1.29, 1.82) is 0 Å². The summed E-state index contributed by atoms with van der Waals surface area (Å²) >= 11 is 0. The molecule has 1 fully saturated rings. The number of aliphatic hydroxyl groups is 1. The lowest BCUT2D eigenvalue weighted by atomic mass is 10.1. The fraction of sp³-hybridized carbons (Fsp3) is 0.500. The van der Waals surface area contributed by atoms with Crippen molar-refractivity contribution in [3.8, 4) is 5.75 Å². The fourth-order valence-electron chi connectivity index (χ4n) is 2.32. The van der Waals surface area contributed by atoms with Gasteiger partial charge in [-0.2, -0.15) is 8.78 Å². The van der Waals surface area contributed by atoms with Gasteiger partial charge in [0.1, 0.15) is 5.75 Å². The second-order valence-corrected chi connectivity index (χ2v) is 4.80. The van der Waals surface area contributed by atoms with Crippen molar-refractivity contribution in [3.63, 3.8) is 0 Å². The largest absolute Gasteiger partial charge is 0.435 e. The van der Waals surface area contributed by atoms with Gasteiger partial charge in [0.2, 0.25) is 5.91 Å². The molecule has 4 nitrogen and oxygen atoms in total. The number of likely N-dealkylation sites (tertiary alicyclic amines) is 1. The van der Waals surface area contributed by atoms with E-state index in [2.05, 4.69) is 4.74 Å². The van der Waals surface area contributed by atoms with Crippen molar-refractivity contribution < 1.29 is 23.4 Å². The van der Waals surface area contributed by atoms with Crippen LogP contribution in [0.25, 0.3) is 0 Å². The number of amides is 1. The maximum atomic E-state index is 12.3. The summed E-state index contributed by atoms with van der Waals surface area (Å²) < 4.78 is 29.0. The Morgan fingerprint density at radius 1 is 1.45 bits per heavy atom. The van der Waals surface area contributed by atoms with Crippen LogP contribution in [0, 0.1) is 0 Å². The van der Waals surface area contributed by atoms with Gasteiger partial charge >= 0.3 is 6.61 Å². The number of hydrogen-bond acceptors (Lipinski definition) is 3. The summed E-state index contributed by atoms with van der Waals surface area (Å²) in [4.78, 5) is 13.7. The van der Waals surface area contributed by atoms with E-state index in [0.717, 1.165) is 6.42 Å². The molecule has 110 valence electrons. The quantitative estimate of drug-likeness (QED) is 0.918. The van der Waals surface area contributed by atoms with Crippen LogP contribution in [-0.2, 0) is 11.2 Å². The van der Waals surface area contributed by atoms with E-state index in [-0.39, 0.29) is 18.1 Å². The summed E-state index contributed by atoms with van der Waals surface area (Å²) in [5, 5.41) is 9.55. The van der Waals surface area contributed by atoms with Crippen LogP contribution in [0.1, 0.15) is 18.4 Å². The Labute approximate surface area is 116 Å². The van der Waals surface area contributed by atoms with Crippen molar-refractivity contribution in [2.75, 3.05) is 13.1 Å². The van der Waals surface area contributed by atoms with Crippen molar-refractivity contribution in [1.82, 2.24) is 4.90 Å². The maximum absolute atomic E-state index is 12.3. The molecule has 6 heteroatoms. The first-order chi connectivity index (χ1) is 9.56. The lowest BCUT2D eigenvalue weighted by Crippen LogP contribution is -2.42. The highest BCUT2D eigenvalue weighted by Gasteiger charge is 2.23. The third-order valence-electron chi connectivity index (χ3n) is 3.28. The Balaban J connectivity index is 2.03. The van der Waals surface area contributed by atoms with E-state index < -0.39 is 12.7 Å². The molecule has 1 aromatic rings. The van der Waals surface area contributed by atoms with Crippen LogP contribution in [0.3, 0.4) is 0 Å². The van der Waals surface area contributed by atoms with Gasteiger partial charge in [-0.05, 0) is 18.9 Å². The van der Waals surface area contributed by atoms with Crippen LogP contribution in [0.4, 0.5) is 8.78 Å². The predicted molar refractivity (Wildman–Crippen MR) is 68.6 cm³/mol. The minimum Gasteiger partial charge on any atom is -0.435 e. The molecular weight excluding hydrogens is 268 g/mol. The number of carbonyl (C=O) groups is 1. The van der Waals surface area contributed by atoms with E-state index in [1.807, 2.05) is 0 Å². The number of alkyl halides is 2. The molecule has 0 spiro atoms. The highest BCUT2D eigenvalue weighted by atomic mass is 19.3. The molecule has 0 aliphatic carbocycles. The summed E-state index contributed by atoms with van der Waals surface area (Å²) in [5.74, 6) is -0.164. The Morgan fingerprint density at radius 3 is 2.90 bits per heavy atom. The smallest absolute Gasteiger partial charge is 0.387 e. The lowest BCUT2D eigenvalue weighted by Gasteiger charge is -2.30. The molecule has 20 heavy (non-hydrogen) atoms. The summed E-state index contributed by atoms with van der Waals surface area (Å²) in [6, 6.07) is 6.26. The summed E-state index contributed by atoms with van der Waals surface area (Å²) in [6.45, 7) is -2.02. The SMILES string of the molecule is O=C(Cc1ccccc1OC(F)F)N1CCCC(O)C1. The minimum atomic E-state index is -2.91. The van der Waals surface area contributed by atoms with E-state index >= 15 is 0 Å². The van der Waals surface area contributed by atoms with Gasteiger partial charge in [0.25, 0.3) is 0 Å². The minimum absolute atomic E-state index is 0.00435. The van der Waals surface area contributed by atoms with Gasteiger partial charge < -0.3 is 14.7 Å². The van der Waals surface area contributed by atoms with E-state index in [1.54, 1.807) is 23.1 Å². The number of benzene rings is 1. The number of halogens is 2. The maximum Gasteiger partial charge on any atom is 0.387 e. The molecule has 0 radical (unpaired) electrons. The highest BCUT2D eigenvalue weighted by Crippen LogP contribution is 2.22. The van der Waals surface area contributed by atoms with Crippen LogP contribution in [0.15, 0.2) is 24.3 Å². The van der Waals surface area contributed by atoms with E-state index in [4.69, 9.17) is 0 Å². The number of rotatable bonds is 4. The van der Waals surface area contributed by atoms with Gasteiger partial charge in [-0.1, -0.05) is 18.2 Å². The molecular formula is C14H17F2NO3. The highest BCUT2D eigenvalue weighted by molar-refractivity contribution is 5.79. The Morgan fingerprint density at radius 2 is 2.20 bits per heavy atom. The van der Waals surface area contributed by atoms with Gasteiger partial charge in [0.05, 0.1) is 12.5 Å². The molecule has 0 aromatic heterocycles. The summed E-state index contributed by atoms with van der Waals surface area (Å²) in [6.07, 6.45) is 0.937. The predicted octanol–water partition coefficient (Wildman–Crippen LogP) is 1.81. The number of ether oxygens (including phenoxy) is 1. The lowest BCUT2D eigenvalue weighted by molar-refractivity contribution is -0.133. The molecule has 1 saturated heterocycles. The molecule has 0 bridgehead atoms. The third-order valence-corrected chi connectivity index (χ3v) is 3.28. The second kappa shape index (κ2) is 6.65. The molecule has 1 aromatic carbocycles. The second-order valence-electron chi connectivity index (χ2n) is 4.80. The Hall–Kier alpha value is -1.69. The average Bonchev–Trinajstić information content (AvgIpc) is 2.40. The molecule has 1 atom stereocenters. The molecule has 1 heterocycles. The molecule has 1 N–H and O–H groups in total. The van der Waals surface area contributed by atoms with Crippen LogP contribution in [-0.4, -0.2) is 41.7 Å². The Bertz CT molecular complexity index is 467. The van der Waals surface area contributed by atoms with Crippen LogP contribution < -0.4 is 4.74 Å². The molecule has 0 saturated carbocycles. The zero-order valence-corrected chi connectivity index (χ0v) is 11.0. The molecule has 1 aliphatic heterocycles. The van der Waals surface area contributed by atoms with Gasteiger partial charge in [-0.15, -0.1) is 0 Å². The third kappa shape index (κ3) is 3.90. The van der Waals surface area contributed by atoms with Gasteiger partial charge in [-0.25, -0.2) is 0 Å². The number of β-amino-alcohol motifs (C(OH)–C–C–N with tert-alkyl or cyclic N) is 1. The number of nitrogens with zero attached hydrogens (tertiary/aromatic N) is 1. The number of carbonyl (C=O) groups excluding carboxylic acids is 1. The van der Waals surface area contributed by atoms with E-state index in [9.17, 15) is 18.7 Å². The first-order valence-corrected chi connectivity index (χ1v) is 6.55. The van der Waals surface area contributed by atoms with Crippen LogP contribution in [0.2, 0.25) is 0 Å². The van der Waals surface area contributed by atoms with Crippen LogP contribution >= 0.6 is 0 Å². The number of aliphatic hydroxyl groups excluding tert-OH is 1. The van der Waals surface area contributed by atoms with Crippen molar-refractivity contribution in [2.45, 2.75) is 32.0 Å². The first kappa shape index (κ1) is 14.7. The zero-order chi connectivity index (χ0) is 14.5. The van der Waals surface area contributed by atoms with Crippen LogP contribution in [0.5, 0.6) is 5.75 Å².